The molecule has 0 atom stereocenters. The second-order valence-electron chi connectivity index (χ2n) is 10.3. The highest BCUT2D eigenvalue weighted by Gasteiger charge is 2.27. The molecular weight excluding hydrogens is 514 g/mol. The van der Waals surface area contributed by atoms with Crippen LogP contribution in [0.15, 0.2) is 60.7 Å². The number of rotatable bonds is 9. The van der Waals surface area contributed by atoms with Crippen molar-refractivity contribution in [1.82, 2.24) is 0 Å². The summed E-state index contributed by atoms with van der Waals surface area (Å²) in [5.74, 6) is 0.124. The van der Waals surface area contributed by atoms with Gasteiger partial charge in [-0.1, -0.05) is 36.8 Å². The van der Waals surface area contributed by atoms with Gasteiger partial charge in [-0.25, -0.2) is 4.79 Å². The molecule has 0 spiro atoms. The molecule has 0 saturated carbocycles. The number of carbonyl (C=O) groups is 1. The summed E-state index contributed by atoms with van der Waals surface area (Å²) in [6.07, 6.45) is 2.60. The van der Waals surface area contributed by atoms with E-state index in [2.05, 4.69) is 25.2 Å². The van der Waals surface area contributed by atoms with E-state index in [-0.39, 0.29) is 23.6 Å². The van der Waals surface area contributed by atoms with E-state index < -0.39 is 16.1 Å². The molecule has 8 heteroatoms. The minimum atomic E-state index is -3.70. The summed E-state index contributed by atoms with van der Waals surface area (Å²) in [6, 6.07) is 16.2. The van der Waals surface area contributed by atoms with E-state index in [9.17, 15) is 13.2 Å². The molecule has 1 aliphatic rings. The molecule has 0 fully saturated rings. The third kappa shape index (κ3) is 6.45. The van der Waals surface area contributed by atoms with E-state index in [0.717, 1.165) is 39.1 Å². The van der Waals surface area contributed by atoms with E-state index in [4.69, 9.17) is 13.7 Å². The molecule has 206 valence electrons. The number of nitrogens with one attached hydrogen (secondary N) is 1. The van der Waals surface area contributed by atoms with Gasteiger partial charge < -0.3 is 19.0 Å². The fourth-order valence-corrected chi connectivity index (χ4v) is 5.88. The molecule has 0 aromatic heterocycles. The molecule has 4 rings (SSSR count). The number of methoxy groups -OCH3 is 1. The summed E-state index contributed by atoms with van der Waals surface area (Å²) in [5.41, 5.74) is 6.59. The van der Waals surface area contributed by atoms with Crippen LogP contribution in [-0.2, 0) is 21.5 Å². The van der Waals surface area contributed by atoms with E-state index in [1.54, 1.807) is 37.3 Å². The van der Waals surface area contributed by atoms with E-state index >= 15 is 0 Å². The van der Waals surface area contributed by atoms with Crippen LogP contribution < -0.4 is 14.2 Å². The van der Waals surface area contributed by atoms with Crippen LogP contribution in [0.2, 0.25) is 0 Å². The lowest BCUT2D eigenvalue weighted by molar-refractivity contribution is 0.0473. The average molecular weight is 550 g/mol. The Morgan fingerprint density at radius 1 is 0.974 bits per heavy atom. The number of fused-ring (bicyclic) bond motifs is 1. The first-order valence-electron chi connectivity index (χ1n) is 12.9. The Kier molecular flexibility index (Phi) is 8.07. The van der Waals surface area contributed by atoms with Crippen LogP contribution >= 0.6 is 0 Å². The maximum Gasteiger partial charge on any atom is 0.338 e. The van der Waals surface area contributed by atoms with Crippen molar-refractivity contribution in [2.45, 2.75) is 53.2 Å². The lowest BCUT2D eigenvalue weighted by atomic mass is 9.85. The fraction of sp³-hybridized carbons (Fsp3) is 0.323. The molecule has 3 aromatic carbocycles. The Morgan fingerprint density at radius 2 is 1.67 bits per heavy atom. The van der Waals surface area contributed by atoms with Gasteiger partial charge >= 0.3 is 16.1 Å². The number of carbonyl (C=O) groups excluding carboxylic acids is 1. The average Bonchev–Trinajstić information content (AvgIpc) is 2.86. The minimum absolute atomic E-state index is 0.0325. The Morgan fingerprint density at radius 3 is 2.33 bits per heavy atom. The molecule has 0 aliphatic carbocycles. The summed E-state index contributed by atoms with van der Waals surface area (Å²) < 4.78 is 41.2. The van der Waals surface area contributed by atoms with Crippen molar-refractivity contribution in [3.05, 3.63) is 82.9 Å². The zero-order valence-corrected chi connectivity index (χ0v) is 24.1. The highest BCUT2D eigenvalue weighted by atomic mass is 32.2. The van der Waals surface area contributed by atoms with Gasteiger partial charge in [-0.2, -0.15) is 8.42 Å². The second-order valence-corrected chi connectivity index (χ2v) is 12.0. The Hall–Kier alpha value is -3.78. The summed E-state index contributed by atoms with van der Waals surface area (Å²) in [7, 11) is -2.18. The van der Waals surface area contributed by atoms with Gasteiger partial charge in [0.1, 0.15) is 18.1 Å². The van der Waals surface area contributed by atoms with E-state index in [1.807, 2.05) is 38.1 Å². The number of aryl methyl sites for hydroxylation is 1. The first kappa shape index (κ1) is 28.2. The van der Waals surface area contributed by atoms with Gasteiger partial charge in [0.15, 0.2) is 0 Å². The molecule has 0 radical (unpaired) electrons. The van der Waals surface area contributed by atoms with Crippen LogP contribution in [0.1, 0.15) is 61.2 Å². The lowest BCUT2D eigenvalue weighted by Gasteiger charge is -2.33. The summed E-state index contributed by atoms with van der Waals surface area (Å²) in [6.45, 7) is 10.0. The van der Waals surface area contributed by atoms with Crippen LogP contribution in [0.5, 0.6) is 11.5 Å². The second kappa shape index (κ2) is 11.1. The normalized spacial score (nSPS) is 14.1. The Balaban J connectivity index is 1.78. The lowest BCUT2D eigenvalue weighted by Crippen LogP contribution is -2.32. The maximum atomic E-state index is 12.9. The molecular formula is C31H35NO6S. The minimum Gasteiger partial charge on any atom is -0.496 e. The number of hydrogen-bond donors (Lipinski definition) is 1. The monoisotopic (exact) mass is 549 g/mol. The summed E-state index contributed by atoms with van der Waals surface area (Å²) in [5, 5.41) is 3.55. The number of hydrogen-bond acceptors (Lipinski definition) is 7. The largest absolute Gasteiger partial charge is 0.496 e. The highest BCUT2D eigenvalue weighted by Crippen LogP contribution is 2.43. The van der Waals surface area contributed by atoms with Gasteiger partial charge in [0.25, 0.3) is 0 Å². The van der Waals surface area contributed by atoms with Gasteiger partial charge in [0.2, 0.25) is 0 Å². The number of esters is 1. The smallest absolute Gasteiger partial charge is 0.338 e. The summed E-state index contributed by atoms with van der Waals surface area (Å²) >= 11 is 0. The number of allylic oxidation sites excluding steroid dienone is 1. The van der Waals surface area contributed by atoms with Gasteiger partial charge in [0.05, 0.1) is 24.0 Å². The molecule has 7 nitrogen and oxygen atoms in total. The molecule has 0 unspecified atom stereocenters. The molecule has 1 N–H and O–H groups in total. The van der Waals surface area contributed by atoms with E-state index in [0.29, 0.717) is 17.7 Å². The van der Waals surface area contributed by atoms with Crippen molar-refractivity contribution in [1.29, 1.82) is 0 Å². The van der Waals surface area contributed by atoms with Crippen molar-refractivity contribution >= 4 is 27.3 Å². The van der Waals surface area contributed by atoms with Crippen molar-refractivity contribution in [2.24, 2.45) is 0 Å². The highest BCUT2D eigenvalue weighted by molar-refractivity contribution is 7.87. The first-order chi connectivity index (χ1) is 18.4. The predicted molar refractivity (Wildman–Crippen MR) is 155 cm³/mol. The molecule has 1 aliphatic heterocycles. The Bertz CT molecular complexity index is 1520. The summed E-state index contributed by atoms with van der Waals surface area (Å²) in [4.78, 5) is 12.9. The molecule has 3 aromatic rings. The third-order valence-corrected chi connectivity index (χ3v) is 7.87. The maximum absolute atomic E-state index is 12.9. The van der Waals surface area contributed by atoms with Crippen molar-refractivity contribution in [3.8, 4) is 22.6 Å². The Labute approximate surface area is 230 Å². The topological polar surface area (TPSA) is 90.9 Å². The number of anilines is 1. The molecule has 1 heterocycles. The number of benzene rings is 3. The first-order valence-corrected chi connectivity index (χ1v) is 14.5. The van der Waals surface area contributed by atoms with Crippen LogP contribution in [0.25, 0.3) is 16.7 Å². The molecule has 39 heavy (non-hydrogen) atoms. The molecule has 0 bridgehead atoms. The van der Waals surface area contributed by atoms with Crippen molar-refractivity contribution in [2.75, 3.05) is 18.2 Å². The van der Waals surface area contributed by atoms with Gasteiger partial charge in [-0.3, -0.25) is 0 Å². The van der Waals surface area contributed by atoms with Gasteiger partial charge in [0, 0.05) is 28.4 Å². The van der Waals surface area contributed by atoms with Gasteiger partial charge in [-0.05, 0) is 75.6 Å². The third-order valence-electron chi connectivity index (χ3n) is 6.52. The van der Waals surface area contributed by atoms with Crippen molar-refractivity contribution in [3.63, 3.8) is 0 Å². The van der Waals surface area contributed by atoms with Crippen molar-refractivity contribution < 1.29 is 26.9 Å². The fourth-order valence-electron chi connectivity index (χ4n) is 4.90. The van der Waals surface area contributed by atoms with Crippen LogP contribution in [-0.4, -0.2) is 32.8 Å². The zero-order valence-electron chi connectivity index (χ0n) is 23.3. The van der Waals surface area contributed by atoms with Crippen LogP contribution in [0.4, 0.5) is 5.69 Å². The predicted octanol–water partition coefficient (Wildman–Crippen LogP) is 6.75. The molecule has 0 saturated heterocycles. The van der Waals surface area contributed by atoms with Crippen LogP contribution in [0.3, 0.4) is 0 Å². The number of ether oxygens (including phenoxy) is 2. The standard InChI is InChI=1S/C31H35NO6S/c1-7-16-39(34,35)38-23-12-13-25(28(17-23)36-6)24-14-15-27-29(21(3)18-31(4,5)32-27)26(24)19-37-30(33)22-10-8-20(2)9-11-22/h8-15,17-18,32H,7,16,19H2,1-6H3. The SMILES string of the molecule is CCCS(=O)(=O)Oc1ccc(-c2ccc3c(c2COC(=O)c2ccc(C)cc2)C(C)=CC(C)(C)N3)c(OC)c1. The molecule has 0 amide bonds. The van der Waals surface area contributed by atoms with Crippen LogP contribution in [0, 0.1) is 6.92 Å². The quantitative estimate of drug-likeness (QED) is 0.233. The van der Waals surface area contributed by atoms with Gasteiger partial charge in [-0.15, -0.1) is 0 Å². The zero-order chi connectivity index (χ0) is 28.4. The van der Waals surface area contributed by atoms with E-state index in [1.165, 1.54) is 7.11 Å².